The van der Waals surface area contributed by atoms with E-state index >= 15 is 0 Å². The third-order valence-corrected chi connectivity index (χ3v) is 5.89. The lowest BCUT2D eigenvalue weighted by Gasteiger charge is -2.39. The number of nitrogens with zero attached hydrogens (tertiary/aromatic N) is 1. The van der Waals surface area contributed by atoms with E-state index in [-0.39, 0.29) is 21.9 Å². The van der Waals surface area contributed by atoms with Gasteiger partial charge >= 0.3 is 10.4 Å². The maximum absolute atomic E-state index is 10.7. The Hall–Kier alpha value is -0.250. The van der Waals surface area contributed by atoms with Gasteiger partial charge in [0.25, 0.3) is 0 Å². The number of ether oxygens (including phenoxy) is 1. The molecule has 26 heavy (non-hydrogen) atoms. The van der Waals surface area contributed by atoms with E-state index in [1.807, 2.05) is 6.26 Å². The molecule has 6 atom stereocenters. The van der Waals surface area contributed by atoms with Crippen molar-refractivity contribution in [2.45, 2.75) is 49.1 Å². The lowest BCUT2D eigenvalue weighted by molar-refractivity contribution is -0.205. The van der Waals surface area contributed by atoms with Gasteiger partial charge in [0, 0.05) is 0 Å². The SMILES string of the molecule is C=S(C)CCCC/C(=N/OS(=O)(=O)O)S[C@@H]1OC(CO)C(O)[C@H](O)C1O. The molecular weight excluding hydrogens is 410 g/mol. The first kappa shape index (κ1) is 23.8. The minimum Gasteiger partial charge on any atom is -0.394 e. The molecule has 1 saturated heterocycles. The summed E-state index contributed by atoms with van der Waals surface area (Å²) in [6.07, 6.45) is -1.99. The summed E-state index contributed by atoms with van der Waals surface area (Å²) < 4.78 is 39.5. The Labute approximate surface area is 159 Å². The van der Waals surface area contributed by atoms with Crippen LogP contribution in [0.1, 0.15) is 19.3 Å². The highest BCUT2D eigenvalue weighted by molar-refractivity contribution is 8.14. The third-order valence-electron chi connectivity index (χ3n) is 3.47. The highest BCUT2D eigenvalue weighted by atomic mass is 32.3. The van der Waals surface area contributed by atoms with E-state index < -0.39 is 46.9 Å². The molecule has 154 valence electrons. The quantitative estimate of drug-likeness (QED) is 0.0769. The van der Waals surface area contributed by atoms with Crippen LogP contribution < -0.4 is 0 Å². The summed E-state index contributed by atoms with van der Waals surface area (Å²) in [5, 5.41) is 42.3. The number of hydrogen-bond acceptors (Lipinski definition) is 10. The molecular formula is C13H25NO9S3. The van der Waals surface area contributed by atoms with Crippen molar-refractivity contribution < 1.29 is 42.4 Å². The second-order valence-electron chi connectivity index (χ2n) is 5.75. The van der Waals surface area contributed by atoms with E-state index in [2.05, 4.69) is 15.3 Å². The maximum Gasteiger partial charge on any atom is 0.466 e. The van der Waals surface area contributed by atoms with Crippen molar-refractivity contribution in [3.8, 4) is 0 Å². The normalized spacial score (nSPS) is 31.6. The van der Waals surface area contributed by atoms with Crippen molar-refractivity contribution in [3.63, 3.8) is 0 Å². The molecule has 0 aromatic heterocycles. The van der Waals surface area contributed by atoms with Crippen molar-refractivity contribution in [2.24, 2.45) is 5.16 Å². The van der Waals surface area contributed by atoms with Gasteiger partial charge in [-0.3, -0.25) is 4.55 Å². The summed E-state index contributed by atoms with van der Waals surface area (Å²) in [7, 11) is -4.79. The van der Waals surface area contributed by atoms with E-state index in [1.54, 1.807) is 0 Å². The number of thioether (sulfide) groups is 1. The van der Waals surface area contributed by atoms with Gasteiger partial charge in [-0.25, -0.2) is 4.28 Å². The van der Waals surface area contributed by atoms with Gasteiger partial charge in [-0.1, -0.05) is 22.8 Å². The number of hydrogen-bond donors (Lipinski definition) is 5. The topological polar surface area (TPSA) is 166 Å². The van der Waals surface area contributed by atoms with Gasteiger partial charge in [0.2, 0.25) is 0 Å². The van der Waals surface area contributed by atoms with Crippen LogP contribution in [-0.4, -0.2) is 92.8 Å². The molecule has 1 aliphatic heterocycles. The Morgan fingerprint density at radius 1 is 1.27 bits per heavy atom. The summed E-state index contributed by atoms with van der Waals surface area (Å²) in [4.78, 5) is 0. The minimum absolute atomic E-state index is 0.00802. The van der Waals surface area contributed by atoms with E-state index in [0.29, 0.717) is 6.42 Å². The fourth-order valence-electron chi connectivity index (χ4n) is 2.14. The van der Waals surface area contributed by atoms with Gasteiger partial charge in [0.05, 0.1) is 6.61 Å². The van der Waals surface area contributed by atoms with Crippen LogP contribution in [-0.2, 0) is 19.4 Å². The Morgan fingerprint density at radius 2 is 1.92 bits per heavy atom. The molecule has 1 heterocycles. The molecule has 0 aromatic rings. The van der Waals surface area contributed by atoms with Crippen LogP contribution in [0.3, 0.4) is 0 Å². The smallest absolute Gasteiger partial charge is 0.394 e. The number of rotatable bonds is 9. The summed E-state index contributed by atoms with van der Waals surface area (Å²) in [5.41, 5.74) is -1.12. The highest BCUT2D eigenvalue weighted by Gasteiger charge is 2.44. The molecule has 13 heteroatoms. The van der Waals surface area contributed by atoms with E-state index in [1.165, 1.54) is 0 Å². The zero-order valence-corrected chi connectivity index (χ0v) is 16.6. The predicted molar refractivity (Wildman–Crippen MR) is 101 cm³/mol. The second kappa shape index (κ2) is 10.9. The minimum atomic E-state index is -4.79. The first-order valence-electron chi connectivity index (χ1n) is 7.67. The molecule has 4 unspecified atom stereocenters. The summed E-state index contributed by atoms with van der Waals surface area (Å²) in [5.74, 6) is 4.76. The van der Waals surface area contributed by atoms with Gasteiger partial charge in [-0.15, -0.1) is 0 Å². The summed E-state index contributed by atoms with van der Waals surface area (Å²) >= 11 is 0.780. The molecule has 10 nitrogen and oxygen atoms in total. The molecule has 1 aliphatic rings. The fourth-order valence-corrected chi connectivity index (χ4v) is 4.18. The fraction of sp³-hybridized carbons (Fsp3) is 0.846. The Morgan fingerprint density at radius 3 is 2.46 bits per heavy atom. The number of aliphatic hydroxyl groups excluding tert-OH is 4. The number of oxime groups is 1. The molecule has 0 amide bonds. The number of aliphatic hydroxyl groups is 4. The maximum atomic E-state index is 10.7. The van der Waals surface area contributed by atoms with Gasteiger partial charge < -0.3 is 25.2 Å². The van der Waals surface area contributed by atoms with Crippen LogP contribution in [0.2, 0.25) is 0 Å². The van der Waals surface area contributed by atoms with Crippen LogP contribution in [0.25, 0.3) is 0 Å². The van der Waals surface area contributed by atoms with Crippen molar-refractivity contribution in [1.29, 1.82) is 0 Å². The average Bonchev–Trinajstić information content (AvgIpc) is 2.55. The lowest BCUT2D eigenvalue weighted by atomic mass is 10.0. The molecule has 0 aromatic carbocycles. The van der Waals surface area contributed by atoms with Crippen LogP contribution in [0.5, 0.6) is 0 Å². The molecule has 0 aliphatic carbocycles. The summed E-state index contributed by atoms with van der Waals surface area (Å²) in [6, 6.07) is 0. The zero-order chi connectivity index (χ0) is 19.9. The molecule has 0 radical (unpaired) electrons. The predicted octanol–water partition coefficient (Wildman–Crippen LogP) is -0.847. The molecule has 1 rings (SSSR count). The van der Waals surface area contributed by atoms with Crippen LogP contribution >= 0.6 is 22.2 Å². The van der Waals surface area contributed by atoms with Gasteiger partial charge in [-0.05, 0) is 31.3 Å². The zero-order valence-electron chi connectivity index (χ0n) is 14.2. The van der Waals surface area contributed by atoms with Crippen LogP contribution in [0, 0.1) is 0 Å². The Bertz CT molecular complexity index is 596. The van der Waals surface area contributed by atoms with Crippen molar-refractivity contribution in [2.75, 3.05) is 18.6 Å². The first-order valence-corrected chi connectivity index (χ1v) is 11.9. The van der Waals surface area contributed by atoms with E-state index in [0.717, 1.165) is 23.9 Å². The average molecular weight is 436 g/mol. The highest BCUT2D eigenvalue weighted by Crippen LogP contribution is 2.30. The monoisotopic (exact) mass is 435 g/mol. The Kier molecular flexibility index (Phi) is 9.99. The number of unbranched alkanes of at least 4 members (excludes halogenated alkanes) is 1. The second-order valence-corrected chi connectivity index (χ2v) is 9.89. The summed E-state index contributed by atoms with van der Waals surface area (Å²) in [6.45, 7) is -0.585. The van der Waals surface area contributed by atoms with Gasteiger partial charge in [-0.2, -0.15) is 18.9 Å². The van der Waals surface area contributed by atoms with Crippen molar-refractivity contribution >= 4 is 43.6 Å². The standard InChI is InChI=1S/C13H25NO9S3/c1-25(2)6-4-3-5-9(14-23-26(19,20)21)24-13-12(18)11(17)10(16)8(7-15)22-13/h8,10-13,15-18H,1,3-7H2,2H3,(H,19,20,21)/b14-9-/t8?,10?,11-,12?,13-,25?/m0/s1. The van der Waals surface area contributed by atoms with Gasteiger partial charge in [0.1, 0.15) is 34.9 Å². The van der Waals surface area contributed by atoms with E-state index in [4.69, 9.17) is 9.29 Å². The molecule has 0 saturated carbocycles. The van der Waals surface area contributed by atoms with Gasteiger partial charge in [0.15, 0.2) is 0 Å². The largest absolute Gasteiger partial charge is 0.466 e. The van der Waals surface area contributed by atoms with Crippen LogP contribution in [0.15, 0.2) is 5.16 Å². The van der Waals surface area contributed by atoms with Crippen LogP contribution in [0.4, 0.5) is 0 Å². The lowest BCUT2D eigenvalue weighted by Crippen LogP contribution is -2.57. The first-order chi connectivity index (χ1) is 12.0. The van der Waals surface area contributed by atoms with E-state index in [9.17, 15) is 28.8 Å². The Balaban J connectivity index is 2.80. The molecule has 5 N–H and O–H groups in total. The van der Waals surface area contributed by atoms with Crippen molar-refractivity contribution in [1.82, 2.24) is 0 Å². The molecule has 0 bridgehead atoms. The molecule has 1 fully saturated rings. The molecule has 0 spiro atoms. The third kappa shape index (κ3) is 8.19. The van der Waals surface area contributed by atoms with Crippen molar-refractivity contribution in [3.05, 3.63) is 0 Å².